The second kappa shape index (κ2) is 5.59. The summed E-state index contributed by atoms with van der Waals surface area (Å²) >= 11 is 0. The summed E-state index contributed by atoms with van der Waals surface area (Å²) in [6.45, 7) is 7.38. The van der Waals surface area contributed by atoms with E-state index in [-0.39, 0.29) is 5.91 Å². The van der Waals surface area contributed by atoms with Crippen LogP contribution in [0.1, 0.15) is 31.2 Å². The summed E-state index contributed by atoms with van der Waals surface area (Å²) in [5, 5.41) is 2.92. The van der Waals surface area contributed by atoms with Crippen LogP contribution < -0.4 is 5.32 Å². The van der Waals surface area contributed by atoms with Crippen LogP contribution in [-0.4, -0.2) is 17.0 Å². The summed E-state index contributed by atoms with van der Waals surface area (Å²) in [5.41, 5.74) is 2.27. The van der Waals surface area contributed by atoms with Gasteiger partial charge in [0.05, 0.1) is 0 Å². The highest BCUT2D eigenvalue weighted by atomic mass is 16.1. The van der Waals surface area contributed by atoms with Crippen molar-refractivity contribution in [3.05, 3.63) is 23.5 Å². The average Bonchev–Trinajstić information content (AvgIpc) is 2.50. The van der Waals surface area contributed by atoms with Crippen LogP contribution >= 0.6 is 0 Å². The zero-order valence-electron chi connectivity index (χ0n) is 9.84. The maximum Gasteiger partial charge on any atom is 0.239 e. The number of aromatic nitrogens is 1. The first-order valence-electron chi connectivity index (χ1n) is 5.54. The first-order chi connectivity index (χ1) is 7.15. The van der Waals surface area contributed by atoms with Crippen molar-refractivity contribution in [3.63, 3.8) is 0 Å². The van der Waals surface area contributed by atoms with Crippen molar-refractivity contribution in [2.75, 3.05) is 6.54 Å². The topological polar surface area (TPSA) is 34.0 Å². The van der Waals surface area contributed by atoms with E-state index in [1.54, 1.807) is 0 Å². The highest BCUT2D eigenvalue weighted by Crippen LogP contribution is 2.06. The lowest BCUT2D eigenvalue weighted by atomic mass is 10.3. The highest BCUT2D eigenvalue weighted by molar-refractivity contribution is 5.75. The third kappa shape index (κ3) is 3.42. The predicted molar refractivity (Wildman–Crippen MR) is 61.8 cm³/mol. The van der Waals surface area contributed by atoms with Crippen LogP contribution in [0.5, 0.6) is 0 Å². The van der Waals surface area contributed by atoms with Gasteiger partial charge in [-0.05, 0) is 32.4 Å². The van der Waals surface area contributed by atoms with Crippen molar-refractivity contribution in [3.8, 4) is 0 Å². The molecule has 15 heavy (non-hydrogen) atoms. The molecule has 3 heteroatoms. The van der Waals surface area contributed by atoms with Crippen molar-refractivity contribution in [1.29, 1.82) is 0 Å². The molecule has 0 aliphatic heterocycles. The van der Waals surface area contributed by atoms with Gasteiger partial charge in [-0.2, -0.15) is 0 Å². The normalized spacial score (nSPS) is 10.3. The van der Waals surface area contributed by atoms with Gasteiger partial charge < -0.3 is 9.88 Å². The minimum absolute atomic E-state index is 0.103. The number of amides is 1. The summed E-state index contributed by atoms with van der Waals surface area (Å²) in [7, 11) is 0. The molecule has 1 aromatic heterocycles. The van der Waals surface area contributed by atoms with Crippen LogP contribution in [0.25, 0.3) is 0 Å². The first-order valence-corrected chi connectivity index (χ1v) is 5.54. The molecule has 0 bridgehead atoms. The predicted octanol–water partition coefficient (Wildman–Crippen LogP) is 2.02. The number of rotatable bonds is 5. The third-order valence-electron chi connectivity index (χ3n) is 2.57. The van der Waals surface area contributed by atoms with Crippen LogP contribution in [0.3, 0.4) is 0 Å². The molecule has 1 rings (SSSR count). The van der Waals surface area contributed by atoms with E-state index in [1.807, 2.05) is 30.5 Å². The lowest BCUT2D eigenvalue weighted by molar-refractivity contribution is -0.121. The van der Waals surface area contributed by atoms with Crippen LogP contribution in [-0.2, 0) is 11.3 Å². The summed E-state index contributed by atoms with van der Waals surface area (Å²) in [6, 6.07) is 4.07. The quantitative estimate of drug-likeness (QED) is 0.738. The number of carbonyl (C=O) groups excluding carboxylic acids is 1. The number of carbonyl (C=O) groups is 1. The van der Waals surface area contributed by atoms with E-state index in [1.165, 1.54) is 0 Å². The van der Waals surface area contributed by atoms with Gasteiger partial charge in [0, 0.05) is 17.9 Å². The standard InChI is InChI=1S/C12H20N2O/c1-4-5-8-13-12(15)9-14-10(2)6-7-11(14)3/h6-7H,4-5,8-9H2,1-3H3,(H,13,15). The molecule has 0 radical (unpaired) electrons. The van der Waals surface area contributed by atoms with E-state index < -0.39 is 0 Å². The monoisotopic (exact) mass is 208 g/mol. The fourth-order valence-electron chi connectivity index (χ4n) is 1.55. The van der Waals surface area contributed by atoms with Gasteiger partial charge in [0.25, 0.3) is 0 Å². The molecule has 1 amide bonds. The molecule has 0 fully saturated rings. The van der Waals surface area contributed by atoms with E-state index in [0.717, 1.165) is 30.8 Å². The zero-order valence-corrected chi connectivity index (χ0v) is 9.84. The largest absolute Gasteiger partial charge is 0.355 e. The minimum Gasteiger partial charge on any atom is -0.355 e. The Hall–Kier alpha value is -1.25. The fourth-order valence-corrected chi connectivity index (χ4v) is 1.55. The average molecular weight is 208 g/mol. The molecular formula is C12H20N2O. The summed E-state index contributed by atoms with van der Waals surface area (Å²) in [4.78, 5) is 11.6. The Morgan fingerprint density at radius 2 is 1.93 bits per heavy atom. The van der Waals surface area contributed by atoms with Crippen molar-refractivity contribution in [2.24, 2.45) is 0 Å². The fraction of sp³-hybridized carbons (Fsp3) is 0.583. The van der Waals surface area contributed by atoms with Gasteiger partial charge in [-0.3, -0.25) is 4.79 Å². The van der Waals surface area contributed by atoms with Crippen molar-refractivity contribution >= 4 is 5.91 Å². The second-order valence-electron chi connectivity index (χ2n) is 3.91. The molecule has 0 spiro atoms. The molecule has 0 aromatic carbocycles. The Morgan fingerprint density at radius 1 is 1.33 bits per heavy atom. The lowest BCUT2D eigenvalue weighted by Crippen LogP contribution is -2.28. The second-order valence-corrected chi connectivity index (χ2v) is 3.91. The Kier molecular flexibility index (Phi) is 4.40. The Morgan fingerprint density at radius 3 is 2.47 bits per heavy atom. The third-order valence-corrected chi connectivity index (χ3v) is 2.57. The van der Waals surface area contributed by atoms with Gasteiger partial charge >= 0.3 is 0 Å². The van der Waals surface area contributed by atoms with Crippen LogP contribution in [0, 0.1) is 13.8 Å². The molecule has 1 N–H and O–H groups in total. The molecule has 0 unspecified atom stereocenters. The van der Waals surface area contributed by atoms with Gasteiger partial charge in [0.1, 0.15) is 6.54 Å². The Labute approximate surface area is 91.5 Å². The number of hydrogen-bond acceptors (Lipinski definition) is 1. The summed E-state index contributed by atoms with van der Waals surface area (Å²) < 4.78 is 2.03. The zero-order chi connectivity index (χ0) is 11.3. The van der Waals surface area contributed by atoms with E-state index in [9.17, 15) is 4.79 Å². The van der Waals surface area contributed by atoms with E-state index in [0.29, 0.717) is 6.54 Å². The van der Waals surface area contributed by atoms with Gasteiger partial charge in [-0.25, -0.2) is 0 Å². The lowest BCUT2D eigenvalue weighted by Gasteiger charge is -2.09. The molecule has 0 atom stereocenters. The molecule has 0 aliphatic rings. The van der Waals surface area contributed by atoms with Crippen LogP contribution in [0.15, 0.2) is 12.1 Å². The molecule has 3 nitrogen and oxygen atoms in total. The van der Waals surface area contributed by atoms with Gasteiger partial charge in [-0.15, -0.1) is 0 Å². The molecular weight excluding hydrogens is 188 g/mol. The minimum atomic E-state index is 0.103. The van der Waals surface area contributed by atoms with Crippen LogP contribution in [0.4, 0.5) is 0 Å². The van der Waals surface area contributed by atoms with E-state index in [4.69, 9.17) is 0 Å². The number of nitrogens with zero attached hydrogens (tertiary/aromatic N) is 1. The maximum atomic E-state index is 11.6. The molecule has 84 valence electrons. The van der Waals surface area contributed by atoms with Gasteiger partial charge in [0.15, 0.2) is 0 Å². The highest BCUT2D eigenvalue weighted by Gasteiger charge is 2.05. The maximum absolute atomic E-state index is 11.6. The smallest absolute Gasteiger partial charge is 0.239 e. The SMILES string of the molecule is CCCCNC(=O)Cn1c(C)ccc1C. The Bertz CT molecular complexity index is 309. The first kappa shape index (κ1) is 11.8. The van der Waals surface area contributed by atoms with Crippen LogP contribution in [0.2, 0.25) is 0 Å². The van der Waals surface area contributed by atoms with Crippen molar-refractivity contribution in [2.45, 2.75) is 40.2 Å². The number of hydrogen-bond donors (Lipinski definition) is 1. The molecule has 0 aliphatic carbocycles. The number of aryl methyl sites for hydroxylation is 2. The van der Waals surface area contributed by atoms with Crippen molar-refractivity contribution in [1.82, 2.24) is 9.88 Å². The Balaban J connectivity index is 2.44. The molecule has 0 saturated heterocycles. The van der Waals surface area contributed by atoms with Gasteiger partial charge in [-0.1, -0.05) is 13.3 Å². The van der Waals surface area contributed by atoms with Crippen molar-refractivity contribution < 1.29 is 4.79 Å². The molecule has 1 aromatic rings. The van der Waals surface area contributed by atoms with E-state index in [2.05, 4.69) is 12.2 Å². The molecule has 0 saturated carbocycles. The molecule has 1 heterocycles. The number of unbranched alkanes of at least 4 members (excludes halogenated alkanes) is 1. The van der Waals surface area contributed by atoms with E-state index >= 15 is 0 Å². The summed E-state index contributed by atoms with van der Waals surface area (Å²) in [6.07, 6.45) is 2.16. The summed E-state index contributed by atoms with van der Waals surface area (Å²) in [5.74, 6) is 0.103. The number of nitrogens with one attached hydrogen (secondary N) is 1. The van der Waals surface area contributed by atoms with Gasteiger partial charge in [0.2, 0.25) is 5.91 Å².